The van der Waals surface area contributed by atoms with Crippen molar-refractivity contribution in [3.63, 3.8) is 0 Å². The molecule has 2 aromatic rings. The lowest BCUT2D eigenvalue weighted by Crippen LogP contribution is -2.06. The number of nitrogens with one attached hydrogen (secondary N) is 1. The molecule has 3 nitrogen and oxygen atoms in total. The van der Waals surface area contributed by atoms with Gasteiger partial charge in [0.05, 0.1) is 10.2 Å². The third-order valence-corrected chi connectivity index (χ3v) is 4.17. The van der Waals surface area contributed by atoms with Crippen molar-refractivity contribution < 1.29 is 0 Å². The largest absolute Gasteiger partial charge is 0.369 e. The molecule has 1 heterocycles. The van der Waals surface area contributed by atoms with Gasteiger partial charge in [0.2, 0.25) is 0 Å². The number of nitrogens with zero attached hydrogens (tertiary/aromatic N) is 2. The van der Waals surface area contributed by atoms with Crippen LogP contribution < -0.4 is 5.32 Å². The molecule has 0 aliphatic heterocycles. The monoisotopic (exact) mass is 353 g/mol. The lowest BCUT2D eigenvalue weighted by atomic mass is 10.1. The number of rotatable bonds is 4. The van der Waals surface area contributed by atoms with Gasteiger partial charge in [0.1, 0.15) is 5.82 Å². The van der Waals surface area contributed by atoms with Gasteiger partial charge in [-0.15, -0.1) is 0 Å². The molecule has 1 aromatic carbocycles. The van der Waals surface area contributed by atoms with Gasteiger partial charge in [0.15, 0.2) is 5.82 Å². The number of hydrogen-bond donors (Lipinski definition) is 1. The third-order valence-electron chi connectivity index (χ3n) is 2.99. The minimum absolute atomic E-state index is 0.721. The number of hydrogen-bond acceptors (Lipinski definition) is 3. The highest BCUT2D eigenvalue weighted by atomic mass is 79.9. The van der Waals surface area contributed by atoms with E-state index in [1.807, 2.05) is 32.0 Å². The number of aromatic nitrogens is 2. The Morgan fingerprint density at radius 2 is 2.00 bits per heavy atom. The van der Waals surface area contributed by atoms with Crippen molar-refractivity contribution in [3.8, 4) is 11.4 Å². The normalized spacial score (nSPS) is 10.7. The molecule has 0 bridgehead atoms. The summed E-state index contributed by atoms with van der Waals surface area (Å²) in [5.74, 6) is 1.56. The van der Waals surface area contributed by atoms with Crippen LogP contribution in [0.1, 0.15) is 24.6 Å². The molecule has 0 aliphatic rings. The first-order valence-electron chi connectivity index (χ1n) is 6.57. The maximum absolute atomic E-state index is 6.00. The number of aryl methyl sites for hydroxylation is 2. The van der Waals surface area contributed by atoms with Gasteiger partial charge in [-0.2, -0.15) is 0 Å². The second-order valence-corrected chi connectivity index (χ2v) is 5.91. The minimum atomic E-state index is 0.721. The smallest absolute Gasteiger partial charge is 0.162 e. The fourth-order valence-corrected chi connectivity index (χ4v) is 2.46. The summed E-state index contributed by atoms with van der Waals surface area (Å²) in [7, 11) is 0. The van der Waals surface area contributed by atoms with E-state index >= 15 is 0 Å². The Kier molecular flexibility index (Phi) is 5.00. The van der Waals surface area contributed by atoms with Crippen molar-refractivity contribution >= 4 is 33.3 Å². The van der Waals surface area contributed by atoms with Gasteiger partial charge in [0.25, 0.3) is 0 Å². The average molecular weight is 355 g/mol. The van der Waals surface area contributed by atoms with Crippen LogP contribution in [0.15, 0.2) is 22.7 Å². The topological polar surface area (TPSA) is 37.8 Å². The van der Waals surface area contributed by atoms with Crippen molar-refractivity contribution in [1.82, 2.24) is 9.97 Å². The maximum atomic E-state index is 6.00. The predicted molar refractivity (Wildman–Crippen MR) is 88.4 cm³/mol. The second-order valence-electron chi connectivity index (χ2n) is 4.68. The van der Waals surface area contributed by atoms with E-state index in [2.05, 4.69) is 38.1 Å². The van der Waals surface area contributed by atoms with Crippen LogP contribution in [0.25, 0.3) is 11.4 Å². The third kappa shape index (κ3) is 3.30. The maximum Gasteiger partial charge on any atom is 0.162 e. The first-order valence-corrected chi connectivity index (χ1v) is 7.74. The SMILES string of the molecule is CCCNc1nc(-c2ccc(Cl)cc2C)nc(C)c1Br. The van der Waals surface area contributed by atoms with Crippen molar-refractivity contribution in [2.45, 2.75) is 27.2 Å². The summed E-state index contributed by atoms with van der Waals surface area (Å²) in [4.78, 5) is 9.18. The molecule has 5 heteroatoms. The van der Waals surface area contributed by atoms with Gasteiger partial charge in [-0.05, 0) is 60.0 Å². The number of halogens is 2. The molecule has 0 amide bonds. The van der Waals surface area contributed by atoms with Crippen LogP contribution in [-0.4, -0.2) is 16.5 Å². The number of anilines is 1. The van der Waals surface area contributed by atoms with Crippen LogP contribution >= 0.6 is 27.5 Å². The zero-order valence-electron chi connectivity index (χ0n) is 11.8. The summed E-state index contributed by atoms with van der Waals surface area (Å²) in [6.07, 6.45) is 1.05. The lowest BCUT2D eigenvalue weighted by Gasteiger charge is -2.12. The van der Waals surface area contributed by atoms with Gasteiger partial charge in [-0.3, -0.25) is 0 Å². The van der Waals surface area contributed by atoms with Crippen LogP contribution in [0.2, 0.25) is 5.02 Å². The Bertz CT molecular complexity index is 629. The lowest BCUT2D eigenvalue weighted by molar-refractivity contribution is 0.958. The molecule has 20 heavy (non-hydrogen) atoms. The fraction of sp³-hybridized carbons (Fsp3) is 0.333. The highest BCUT2D eigenvalue weighted by Gasteiger charge is 2.12. The standard InChI is InChI=1S/C15H17BrClN3/c1-4-7-18-15-13(16)10(3)19-14(20-15)12-6-5-11(17)8-9(12)2/h5-6,8H,4,7H2,1-3H3,(H,18,19,20). The molecule has 0 spiro atoms. The first-order chi connectivity index (χ1) is 9.52. The molecule has 0 saturated heterocycles. The van der Waals surface area contributed by atoms with Crippen LogP contribution in [-0.2, 0) is 0 Å². The highest BCUT2D eigenvalue weighted by molar-refractivity contribution is 9.10. The average Bonchev–Trinajstić information content (AvgIpc) is 2.40. The number of benzene rings is 1. The van der Waals surface area contributed by atoms with Crippen molar-refractivity contribution in [1.29, 1.82) is 0 Å². The molecule has 1 N–H and O–H groups in total. The molecule has 0 fully saturated rings. The Balaban J connectivity index is 2.48. The van der Waals surface area contributed by atoms with Gasteiger partial charge < -0.3 is 5.32 Å². The van der Waals surface area contributed by atoms with Crippen LogP contribution in [0.4, 0.5) is 5.82 Å². The van der Waals surface area contributed by atoms with E-state index < -0.39 is 0 Å². The molecule has 0 atom stereocenters. The van der Waals surface area contributed by atoms with Gasteiger partial charge in [-0.1, -0.05) is 18.5 Å². The fourth-order valence-electron chi connectivity index (χ4n) is 1.92. The molecule has 0 radical (unpaired) electrons. The molecule has 1 aromatic heterocycles. The van der Waals surface area contributed by atoms with E-state index in [1.54, 1.807) is 0 Å². The summed E-state index contributed by atoms with van der Waals surface area (Å²) in [5, 5.41) is 4.05. The summed E-state index contributed by atoms with van der Waals surface area (Å²) < 4.78 is 0.918. The molecule has 2 rings (SSSR count). The Labute approximate surface area is 132 Å². The molecular formula is C15H17BrClN3. The first kappa shape index (κ1) is 15.3. The van der Waals surface area contributed by atoms with Crippen LogP contribution in [0, 0.1) is 13.8 Å². The molecule has 106 valence electrons. The minimum Gasteiger partial charge on any atom is -0.369 e. The molecule has 0 unspecified atom stereocenters. The Morgan fingerprint density at radius 1 is 1.25 bits per heavy atom. The summed E-state index contributed by atoms with van der Waals surface area (Å²) in [6.45, 7) is 6.99. The zero-order chi connectivity index (χ0) is 14.7. The Morgan fingerprint density at radius 3 is 2.65 bits per heavy atom. The van der Waals surface area contributed by atoms with Crippen LogP contribution in [0.3, 0.4) is 0 Å². The highest BCUT2D eigenvalue weighted by Crippen LogP contribution is 2.29. The van der Waals surface area contributed by atoms with E-state index in [9.17, 15) is 0 Å². The zero-order valence-corrected chi connectivity index (χ0v) is 14.1. The van der Waals surface area contributed by atoms with Crippen LogP contribution in [0.5, 0.6) is 0 Å². The van der Waals surface area contributed by atoms with E-state index in [-0.39, 0.29) is 0 Å². The van der Waals surface area contributed by atoms with Gasteiger partial charge in [0, 0.05) is 17.1 Å². The van der Waals surface area contributed by atoms with E-state index in [1.165, 1.54) is 0 Å². The summed E-state index contributed by atoms with van der Waals surface area (Å²) in [5.41, 5.74) is 2.99. The van der Waals surface area contributed by atoms with E-state index in [4.69, 9.17) is 11.6 Å². The molecular weight excluding hydrogens is 338 g/mol. The quantitative estimate of drug-likeness (QED) is 0.839. The van der Waals surface area contributed by atoms with E-state index in [0.717, 1.165) is 50.9 Å². The van der Waals surface area contributed by atoms with Crippen molar-refractivity contribution in [2.24, 2.45) is 0 Å². The Hall–Kier alpha value is -1.13. The summed E-state index contributed by atoms with van der Waals surface area (Å²) >= 11 is 9.54. The van der Waals surface area contributed by atoms with Gasteiger partial charge in [-0.25, -0.2) is 9.97 Å². The van der Waals surface area contributed by atoms with Gasteiger partial charge >= 0.3 is 0 Å². The molecule has 0 aliphatic carbocycles. The van der Waals surface area contributed by atoms with E-state index in [0.29, 0.717) is 0 Å². The summed E-state index contributed by atoms with van der Waals surface area (Å²) in [6, 6.07) is 5.75. The predicted octanol–water partition coefficient (Wildman–Crippen LogP) is 5.00. The van der Waals surface area contributed by atoms with Crippen molar-refractivity contribution in [3.05, 3.63) is 39.0 Å². The van der Waals surface area contributed by atoms with Crippen molar-refractivity contribution in [2.75, 3.05) is 11.9 Å². The second kappa shape index (κ2) is 6.55. The molecule has 0 saturated carbocycles.